The van der Waals surface area contributed by atoms with E-state index in [4.69, 9.17) is 5.73 Å². The maximum absolute atomic E-state index is 11.9. The maximum Gasteiger partial charge on any atom is 0.314 e. The quantitative estimate of drug-likeness (QED) is 0.785. The summed E-state index contributed by atoms with van der Waals surface area (Å²) < 4.78 is 0. The second-order valence-electron chi connectivity index (χ2n) is 5.40. The Kier molecular flexibility index (Phi) is 6.45. The molecule has 1 aromatic carbocycles. The first-order chi connectivity index (χ1) is 11.1. The Morgan fingerprint density at radius 3 is 2.65 bits per heavy atom. The Labute approximate surface area is 136 Å². The van der Waals surface area contributed by atoms with Crippen LogP contribution in [0.3, 0.4) is 0 Å². The van der Waals surface area contributed by atoms with E-state index >= 15 is 0 Å². The lowest BCUT2D eigenvalue weighted by Crippen LogP contribution is -2.41. The molecule has 2 rings (SSSR count). The molecule has 0 atom stereocenters. The van der Waals surface area contributed by atoms with Crippen LogP contribution in [-0.2, 0) is 4.79 Å². The fourth-order valence-electron chi connectivity index (χ4n) is 2.42. The average molecular weight is 314 g/mol. The van der Waals surface area contributed by atoms with Crippen molar-refractivity contribution in [2.45, 2.75) is 6.42 Å². The zero-order valence-corrected chi connectivity index (χ0v) is 13.1. The van der Waals surface area contributed by atoms with Crippen molar-refractivity contribution >= 4 is 11.9 Å². The molecule has 0 saturated carbocycles. The molecule has 0 bridgehead atoms. The predicted octanol–water partition coefficient (Wildman–Crippen LogP) is 0.241. The lowest BCUT2D eigenvalue weighted by molar-refractivity contribution is -0.121. The third-order valence-electron chi connectivity index (χ3n) is 3.65. The van der Waals surface area contributed by atoms with Crippen LogP contribution in [-0.4, -0.2) is 61.0 Å². The molecule has 1 saturated heterocycles. The van der Waals surface area contributed by atoms with E-state index in [0.29, 0.717) is 32.7 Å². The van der Waals surface area contributed by atoms with Gasteiger partial charge in [0.25, 0.3) is 0 Å². The van der Waals surface area contributed by atoms with Crippen LogP contribution in [0.25, 0.3) is 0 Å². The molecule has 3 amide bonds. The minimum atomic E-state index is -0.396. The summed E-state index contributed by atoms with van der Waals surface area (Å²) in [5.74, 6) is 5.87. The second-order valence-corrected chi connectivity index (χ2v) is 5.40. The van der Waals surface area contributed by atoms with Gasteiger partial charge in [0, 0.05) is 31.7 Å². The summed E-state index contributed by atoms with van der Waals surface area (Å²) in [6.45, 7) is 3.31. The van der Waals surface area contributed by atoms with Gasteiger partial charge >= 0.3 is 6.03 Å². The smallest absolute Gasteiger partial charge is 0.314 e. The lowest BCUT2D eigenvalue weighted by Gasteiger charge is -2.19. The van der Waals surface area contributed by atoms with Gasteiger partial charge < -0.3 is 16.0 Å². The van der Waals surface area contributed by atoms with Gasteiger partial charge in [-0.25, -0.2) is 4.79 Å². The van der Waals surface area contributed by atoms with Crippen molar-refractivity contribution in [3.05, 3.63) is 35.9 Å². The highest BCUT2D eigenvalue weighted by molar-refractivity contribution is 5.78. The first-order valence-electron chi connectivity index (χ1n) is 7.72. The van der Waals surface area contributed by atoms with E-state index in [1.807, 2.05) is 35.2 Å². The predicted molar refractivity (Wildman–Crippen MR) is 88.5 cm³/mol. The third-order valence-corrected chi connectivity index (χ3v) is 3.65. The molecule has 6 nitrogen and oxygen atoms in total. The molecule has 1 aliphatic rings. The van der Waals surface area contributed by atoms with Crippen molar-refractivity contribution in [3.8, 4) is 11.8 Å². The number of carbonyl (C=O) groups excluding carboxylic acids is 2. The molecule has 122 valence electrons. The van der Waals surface area contributed by atoms with E-state index in [2.05, 4.69) is 17.2 Å². The molecule has 0 aromatic heterocycles. The number of primary amides is 1. The third kappa shape index (κ3) is 6.01. The van der Waals surface area contributed by atoms with Gasteiger partial charge in [0.15, 0.2) is 0 Å². The second kappa shape index (κ2) is 8.81. The molecule has 0 unspecified atom stereocenters. The molecular formula is C17H22N4O2. The zero-order chi connectivity index (χ0) is 16.5. The van der Waals surface area contributed by atoms with Crippen molar-refractivity contribution in [1.29, 1.82) is 0 Å². The van der Waals surface area contributed by atoms with Crippen molar-refractivity contribution in [2.75, 3.05) is 39.3 Å². The van der Waals surface area contributed by atoms with Crippen molar-refractivity contribution in [3.63, 3.8) is 0 Å². The van der Waals surface area contributed by atoms with E-state index in [-0.39, 0.29) is 5.91 Å². The highest BCUT2D eigenvalue weighted by atomic mass is 16.2. The molecule has 0 spiro atoms. The summed E-state index contributed by atoms with van der Waals surface area (Å²) in [4.78, 5) is 26.7. The highest BCUT2D eigenvalue weighted by Gasteiger charge is 2.18. The number of hydrogen-bond donors (Lipinski definition) is 2. The van der Waals surface area contributed by atoms with Gasteiger partial charge in [0.05, 0.1) is 13.1 Å². The van der Waals surface area contributed by atoms with Gasteiger partial charge in [-0.3, -0.25) is 9.69 Å². The molecule has 1 aliphatic heterocycles. The molecule has 0 radical (unpaired) electrons. The number of nitrogens with one attached hydrogen (secondary N) is 1. The van der Waals surface area contributed by atoms with Crippen molar-refractivity contribution in [1.82, 2.24) is 15.1 Å². The number of hydrogen-bond acceptors (Lipinski definition) is 3. The molecule has 0 aliphatic carbocycles. The summed E-state index contributed by atoms with van der Waals surface area (Å²) >= 11 is 0. The SMILES string of the molecule is NC(=O)N1CCCN(CC(=O)NCC#Cc2ccccc2)CC1. The monoisotopic (exact) mass is 314 g/mol. The fraction of sp³-hybridized carbons (Fsp3) is 0.412. The number of rotatable bonds is 3. The van der Waals surface area contributed by atoms with E-state index in [1.54, 1.807) is 4.90 Å². The Morgan fingerprint density at radius 2 is 1.91 bits per heavy atom. The number of nitrogens with two attached hydrogens (primary N) is 1. The Balaban J connectivity index is 1.71. The maximum atomic E-state index is 11.9. The number of nitrogens with zero attached hydrogens (tertiary/aromatic N) is 2. The fourth-order valence-corrected chi connectivity index (χ4v) is 2.42. The largest absolute Gasteiger partial charge is 0.351 e. The van der Waals surface area contributed by atoms with E-state index < -0.39 is 6.03 Å². The van der Waals surface area contributed by atoms with E-state index in [9.17, 15) is 9.59 Å². The minimum Gasteiger partial charge on any atom is -0.351 e. The first kappa shape index (κ1) is 16.8. The lowest BCUT2D eigenvalue weighted by atomic mass is 10.2. The minimum absolute atomic E-state index is 0.0557. The Bertz CT molecular complexity index is 592. The molecule has 1 heterocycles. The van der Waals surface area contributed by atoms with Crippen LogP contribution in [0, 0.1) is 11.8 Å². The first-order valence-corrected chi connectivity index (χ1v) is 7.72. The van der Waals surface area contributed by atoms with Crippen LogP contribution >= 0.6 is 0 Å². The Morgan fingerprint density at radius 1 is 1.13 bits per heavy atom. The van der Waals surface area contributed by atoms with Crippen LogP contribution in [0.2, 0.25) is 0 Å². The highest BCUT2D eigenvalue weighted by Crippen LogP contribution is 2.02. The average Bonchev–Trinajstić information content (AvgIpc) is 2.78. The van der Waals surface area contributed by atoms with Crippen LogP contribution in [0.4, 0.5) is 4.79 Å². The number of benzene rings is 1. The summed E-state index contributed by atoms with van der Waals surface area (Å²) in [6, 6.07) is 9.25. The van der Waals surface area contributed by atoms with Crippen LogP contribution in [0.15, 0.2) is 30.3 Å². The van der Waals surface area contributed by atoms with E-state index in [1.165, 1.54) is 0 Å². The normalized spacial score (nSPS) is 15.2. The number of carbonyl (C=O) groups is 2. The summed E-state index contributed by atoms with van der Waals surface area (Å²) in [7, 11) is 0. The van der Waals surface area contributed by atoms with Gasteiger partial charge in [-0.2, -0.15) is 0 Å². The van der Waals surface area contributed by atoms with Gasteiger partial charge in [0.1, 0.15) is 0 Å². The van der Waals surface area contributed by atoms with Crippen LogP contribution < -0.4 is 11.1 Å². The summed E-state index contributed by atoms with van der Waals surface area (Å²) in [5, 5.41) is 2.80. The molecule has 1 fully saturated rings. The van der Waals surface area contributed by atoms with Gasteiger partial charge in [0.2, 0.25) is 5.91 Å². The van der Waals surface area contributed by atoms with Gasteiger partial charge in [-0.05, 0) is 18.6 Å². The zero-order valence-electron chi connectivity index (χ0n) is 13.1. The molecule has 23 heavy (non-hydrogen) atoms. The molecule has 3 N–H and O–H groups in total. The topological polar surface area (TPSA) is 78.7 Å². The standard InChI is InChI=1S/C17H22N4O2/c18-17(23)21-11-5-10-20(12-13-21)14-16(22)19-9-4-8-15-6-2-1-3-7-15/h1-3,6-7H,5,9-14H2,(H2,18,23)(H,19,22). The Hall–Kier alpha value is -2.52. The summed E-state index contributed by atoms with van der Waals surface area (Å²) in [6.07, 6.45) is 0.823. The number of amides is 3. The van der Waals surface area contributed by atoms with Gasteiger partial charge in [-0.15, -0.1) is 0 Å². The van der Waals surface area contributed by atoms with E-state index in [0.717, 1.165) is 18.5 Å². The van der Waals surface area contributed by atoms with Crippen molar-refractivity contribution in [2.24, 2.45) is 5.73 Å². The molecule has 1 aromatic rings. The van der Waals surface area contributed by atoms with Crippen LogP contribution in [0.5, 0.6) is 0 Å². The van der Waals surface area contributed by atoms with Crippen LogP contribution in [0.1, 0.15) is 12.0 Å². The molecular weight excluding hydrogens is 292 g/mol. The summed E-state index contributed by atoms with van der Waals surface area (Å²) in [5.41, 5.74) is 6.22. The van der Waals surface area contributed by atoms with Gasteiger partial charge in [-0.1, -0.05) is 30.0 Å². The van der Waals surface area contributed by atoms with Crippen molar-refractivity contribution < 1.29 is 9.59 Å². The molecule has 6 heteroatoms. The number of urea groups is 1.